The van der Waals surface area contributed by atoms with Crippen molar-refractivity contribution in [2.24, 2.45) is 0 Å². The summed E-state index contributed by atoms with van der Waals surface area (Å²) in [6, 6.07) is 4.84. The minimum atomic E-state index is -0.842. The predicted molar refractivity (Wildman–Crippen MR) is 62.5 cm³/mol. The van der Waals surface area contributed by atoms with E-state index in [1.54, 1.807) is 12.1 Å². The van der Waals surface area contributed by atoms with E-state index in [0.717, 1.165) is 18.4 Å². The second-order valence-electron chi connectivity index (χ2n) is 4.28. The maximum Gasteiger partial charge on any atom is 0.317 e. The highest BCUT2D eigenvalue weighted by Gasteiger charge is 2.30. The van der Waals surface area contributed by atoms with E-state index in [0.29, 0.717) is 12.6 Å². The zero-order chi connectivity index (χ0) is 12.4. The molecule has 1 fully saturated rings. The lowest BCUT2D eigenvalue weighted by Gasteiger charge is -2.19. The summed E-state index contributed by atoms with van der Waals surface area (Å²) < 4.78 is 13.0. The zero-order valence-electron chi connectivity index (χ0n) is 9.20. The normalized spacial score (nSPS) is 15.2. The maximum atomic E-state index is 13.0. The van der Waals surface area contributed by atoms with Crippen LogP contribution in [0.2, 0.25) is 5.02 Å². The van der Waals surface area contributed by atoms with Gasteiger partial charge in [0.05, 0.1) is 11.6 Å². The Bertz CT molecular complexity index is 435. The van der Waals surface area contributed by atoms with Crippen molar-refractivity contribution in [2.75, 3.05) is 6.54 Å². The first-order chi connectivity index (χ1) is 8.06. The van der Waals surface area contributed by atoms with Crippen molar-refractivity contribution in [3.8, 4) is 0 Å². The molecule has 92 valence electrons. The number of carboxylic acids is 1. The van der Waals surface area contributed by atoms with Gasteiger partial charge in [-0.25, -0.2) is 4.39 Å². The number of rotatable bonds is 5. The van der Waals surface area contributed by atoms with Crippen LogP contribution in [0.25, 0.3) is 0 Å². The van der Waals surface area contributed by atoms with Gasteiger partial charge < -0.3 is 5.11 Å². The molecular formula is C12H13ClFNO2. The van der Waals surface area contributed by atoms with Gasteiger partial charge in [-0.2, -0.15) is 0 Å². The molecule has 0 amide bonds. The van der Waals surface area contributed by atoms with Crippen molar-refractivity contribution in [2.45, 2.75) is 25.4 Å². The van der Waals surface area contributed by atoms with Gasteiger partial charge in [0.2, 0.25) is 0 Å². The van der Waals surface area contributed by atoms with E-state index in [4.69, 9.17) is 16.7 Å². The SMILES string of the molecule is O=C(O)CN(Cc1ccc(F)c(Cl)c1)C1CC1. The summed E-state index contributed by atoms with van der Waals surface area (Å²) in [5.41, 5.74) is 0.838. The van der Waals surface area contributed by atoms with Crippen molar-refractivity contribution in [1.29, 1.82) is 0 Å². The van der Waals surface area contributed by atoms with Crippen LogP contribution in [-0.4, -0.2) is 28.6 Å². The Hall–Kier alpha value is -1.13. The van der Waals surface area contributed by atoms with E-state index < -0.39 is 11.8 Å². The maximum absolute atomic E-state index is 13.0. The van der Waals surface area contributed by atoms with E-state index in [2.05, 4.69) is 0 Å². The molecule has 2 rings (SSSR count). The van der Waals surface area contributed by atoms with Crippen molar-refractivity contribution in [3.05, 3.63) is 34.6 Å². The summed E-state index contributed by atoms with van der Waals surface area (Å²) in [6.45, 7) is 0.511. The van der Waals surface area contributed by atoms with Crippen molar-refractivity contribution in [1.82, 2.24) is 4.90 Å². The molecule has 5 heteroatoms. The van der Waals surface area contributed by atoms with Gasteiger partial charge in [0.25, 0.3) is 0 Å². The average Bonchev–Trinajstić information content (AvgIpc) is 3.05. The Morgan fingerprint density at radius 2 is 2.24 bits per heavy atom. The Labute approximate surface area is 104 Å². The van der Waals surface area contributed by atoms with E-state index >= 15 is 0 Å². The van der Waals surface area contributed by atoms with Gasteiger partial charge in [-0.3, -0.25) is 9.69 Å². The molecule has 0 unspecified atom stereocenters. The largest absolute Gasteiger partial charge is 0.480 e. The highest BCUT2D eigenvalue weighted by atomic mass is 35.5. The third-order valence-electron chi connectivity index (χ3n) is 2.77. The van der Waals surface area contributed by atoms with Gasteiger partial charge in [0, 0.05) is 12.6 Å². The van der Waals surface area contributed by atoms with Crippen molar-refractivity contribution in [3.63, 3.8) is 0 Å². The quantitative estimate of drug-likeness (QED) is 0.881. The van der Waals surface area contributed by atoms with Gasteiger partial charge in [-0.1, -0.05) is 17.7 Å². The monoisotopic (exact) mass is 257 g/mol. The fraction of sp³-hybridized carbons (Fsp3) is 0.417. The number of benzene rings is 1. The third kappa shape index (κ3) is 3.41. The van der Waals surface area contributed by atoms with Crippen LogP contribution in [-0.2, 0) is 11.3 Å². The Balaban J connectivity index is 2.06. The number of halogens is 2. The number of carboxylic acid groups (broad SMARTS) is 1. The molecule has 1 saturated carbocycles. The summed E-state index contributed by atoms with van der Waals surface area (Å²) in [4.78, 5) is 12.6. The first-order valence-corrected chi connectivity index (χ1v) is 5.84. The second-order valence-corrected chi connectivity index (χ2v) is 4.69. The van der Waals surface area contributed by atoms with Crippen LogP contribution in [0.4, 0.5) is 4.39 Å². The molecule has 0 heterocycles. The van der Waals surface area contributed by atoms with Gasteiger partial charge in [0.1, 0.15) is 5.82 Å². The molecule has 0 atom stereocenters. The van der Waals surface area contributed by atoms with Crippen LogP contribution in [0.1, 0.15) is 18.4 Å². The molecule has 1 aromatic carbocycles. The third-order valence-corrected chi connectivity index (χ3v) is 3.06. The molecule has 3 nitrogen and oxygen atoms in total. The molecular weight excluding hydrogens is 245 g/mol. The minimum absolute atomic E-state index is 0.0136. The minimum Gasteiger partial charge on any atom is -0.480 e. The van der Waals surface area contributed by atoms with E-state index in [-0.39, 0.29) is 11.6 Å². The number of hydrogen-bond donors (Lipinski definition) is 1. The smallest absolute Gasteiger partial charge is 0.317 e. The standard InChI is InChI=1S/C12H13ClFNO2/c13-10-5-8(1-4-11(10)14)6-15(7-12(16)17)9-2-3-9/h1,4-5,9H,2-3,6-7H2,(H,16,17). The zero-order valence-corrected chi connectivity index (χ0v) is 9.95. The van der Waals surface area contributed by atoms with E-state index in [9.17, 15) is 9.18 Å². The predicted octanol–water partition coefficient (Wildman–Crippen LogP) is 2.53. The fourth-order valence-electron chi connectivity index (χ4n) is 1.80. The molecule has 0 bridgehead atoms. The van der Waals surface area contributed by atoms with Crippen molar-refractivity contribution < 1.29 is 14.3 Å². The lowest BCUT2D eigenvalue weighted by atomic mass is 10.2. The van der Waals surface area contributed by atoms with Gasteiger partial charge in [0.15, 0.2) is 0 Å². The van der Waals surface area contributed by atoms with Crippen LogP contribution in [0, 0.1) is 5.82 Å². The van der Waals surface area contributed by atoms with Crippen LogP contribution in [0.3, 0.4) is 0 Å². The Kier molecular flexibility index (Phi) is 3.64. The molecule has 0 saturated heterocycles. The molecule has 1 N–H and O–H groups in total. The lowest BCUT2D eigenvalue weighted by Crippen LogP contribution is -2.31. The second kappa shape index (κ2) is 5.02. The molecule has 0 aliphatic heterocycles. The summed E-state index contributed by atoms with van der Waals surface area (Å²) in [7, 11) is 0. The van der Waals surface area contributed by atoms with Gasteiger partial charge >= 0.3 is 5.97 Å². The first kappa shape index (κ1) is 12.3. The van der Waals surface area contributed by atoms with Gasteiger partial charge in [-0.15, -0.1) is 0 Å². The lowest BCUT2D eigenvalue weighted by molar-refractivity contribution is -0.138. The topological polar surface area (TPSA) is 40.5 Å². The molecule has 0 aromatic heterocycles. The van der Waals surface area contributed by atoms with Crippen LogP contribution in [0.5, 0.6) is 0 Å². The van der Waals surface area contributed by atoms with E-state index in [1.165, 1.54) is 6.07 Å². The van der Waals surface area contributed by atoms with Crippen LogP contribution in [0.15, 0.2) is 18.2 Å². The molecule has 0 spiro atoms. The Morgan fingerprint density at radius 1 is 1.53 bits per heavy atom. The summed E-state index contributed by atoms with van der Waals surface area (Å²) in [5.74, 6) is -1.29. The van der Waals surface area contributed by atoms with Gasteiger partial charge in [-0.05, 0) is 30.5 Å². The molecule has 1 aliphatic carbocycles. The fourth-order valence-corrected chi connectivity index (χ4v) is 2.00. The molecule has 17 heavy (non-hydrogen) atoms. The first-order valence-electron chi connectivity index (χ1n) is 5.46. The highest BCUT2D eigenvalue weighted by Crippen LogP contribution is 2.28. The van der Waals surface area contributed by atoms with E-state index in [1.807, 2.05) is 4.90 Å². The summed E-state index contributed by atoms with van der Waals surface area (Å²) in [5, 5.41) is 8.89. The Morgan fingerprint density at radius 3 is 2.76 bits per heavy atom. The highest BCUT2D eigenvalue weighted by molar-refractivity contribution is 6.30. The van der Waals surface area contributed by atoms with Crippen molar-refractivity contribution >= 4 is 17.6 Å². The van der Waals surface area contributed by atoms with Crippen LogP contribution >= 0.6 is 11.6 Å². The summed E-state index contributed by atoms with van der Waals surface area (Å²) in [6.07, 6.45) is 2.06. The number of carbonyl (C=O) groups is 1. The molecule has 1 aromatic rings. The number of nitrogens with zero attached hydrogens (tertiary/aromatic N) is 1. The molecule has 0 radical (unpaired) electrons. The number of hydrogen-bond acceptors (Lipinski definition) is 2. The average molecular weight is 258 g/mol. The summed E-state index contributed by atoms with van der Waals surface area (Å²) >= 11 is 5.69. The molecule has 1 aliphatic rings. The number of aliphatic carboxylic acids is 1. The van der Waals surface area contributed by atoms with Crippen LogP contribution < -0.4 is 0 Å².